The van der Waals surface area contributed by atoms with Crippen LogP contribution in [0.5, 0.6) is 5.75 Å². The number of aryl methyl sites for hydroxylation is 1. The van der Waals surface area contributed by atoms with Crippen molar-refractivity contribution in [3.63, 3.8) is 0 Å². The average Bonchev–Trinajstić information content (AvgIpc) is 2.09. The summed E-state index contributed by atoms with van der Waals surface area (Å²) in [4.78, 5) is 9.70. The van der Waals surface area contributed by atoms with Crippen LogP contribution in [-0.4, -0.2) is 12.4 Å². The van der Waals surface area contributed by atoms with Gasteiger partial charge in [0.05, 0.1) is 0 Å². The molecule has 4 heteroatoms. The van der Waals surface area contributed by atoms with E-state index in [1.807, 2.05) is 6.92 Å². The molecule has 1 radical (unpaired) electrons. The first kappa shape index (κ1) is 9.64. The minimum atomic E-state index is -3.87. The molecule has 0 aliphatic heterocycles. The van der Waals surface area contributed by atoms with E-state index in [0.29, 0.717) is 6.29 Å². The molecule has 0 saturated heterocycles. The first-order valence-electron chi connectivity index (χ1n) is 3.56. The van der Waals surface area contributed by atoms with Gasteiger partial charge < -0.3 is 4.74 Å². The second-order valence-corrected chi connectivity index (χ2v) is 2.53. The van der Waals surface area contributed by atoms with Gasteiger partial charge in [-0.1, -0.05) is 17.7 Å². The molecule has 0 heterocycles. The van der Waals surface area contributed by atoms with Gasteiger partial charge in [0.2, 0.25) is 0 Å². The molecule has 0 fully saturated rings. The van der Waals surface area contributed by atoms with Crippen LogP contribution in [-0.2, 0) is 4.79 Å². The Labute approximate surface area is 74.1 Å². The Kier molecular flexibility index (Phi) is 2.60. The fourth-order valence-electron chi connectivity index (χ4n) is 0.775. The van der Waals surface area contributed by atoms with Gasteiger partial charge in [-0.15, -0.1) is 0 Å². The van der Waals surface area contributed by atoms with Gasteiger partial charge in [0.15, 0.2) is 0 Å². The fourth-order valence-corrected chi connectivity index (χ4v) is 0.775. The molecule has 0 aliphatic carbocycles. The quantitative estimate of drug-likeness (QED) is 0.720. The van der Waals surface area contributed by atoms with Crippen molar-refractivity contribution in [2.24, 2.45) is 0 Å². The fraction of sp³-hybridized carbons (Fsp3) is 0.222. The standard InChI is InChI=1S/C9H7F2O2/c1-7-2-4-8(5-3-7)13-9(10,11)6-12/h2-5H,1H3. The third-order valence-corrected chi connectivity index (χ3v) is 1.39. The summed E-state index contributed by atoms with van der Waals surface area (Å²) in [5.74, 6) is -0.0565. The Bertz CT molecular complexity index is 293. The van der Waals surface area contributed by atoms with E-state index in [4.69, 9.17) is 0 Å². The lowest BCUT2D eigenvalue weighted by atomic mass is 10.2. The van der Waals surface area contributed by atoms with Gasteiger partial charge in [0.1, 0.15) is 5.75 Å². The summed E-state index contributed by atoms with van der Waals surface area (Å²) >= 11 is 0. The minimum Gasteiger partial charge on any atom is -0.426 e. The predicted octanol–water partition coefficient (Wildman–Crippen LogP) is 2.08. The molecule has 1 aromatic carbocycles. The Balaban J connectivity index is 2.75. The van der Waals surface area contributed by atoms with Crippen LogP contribution in [0.3, 0.4) is 0 Å². The Morgan fingerprint density at radius 2 is 1.85 bits per heavy atom. The maximum absolute atomic E-state index is 12.3. The van der Waals surface area contributed by atoms with Crippen molar-refractivity contribution in [2.75, 3.05) is 0 Å². The second kappa shape index (κ2) is 3.51. The molecule has 0 unspecified atom stereocenters. The zero-order chi connectivity index (χ0) is 9.90. The van der Waals surface area contributed by atoms with Gasteiger partial charge in [0, 0.05) is 0 Å². The van der Waals surface area contributed by atoms with E-state index in [9.17, 15) is 13.6 Å². The number of benzene rings is 1. The first-order chi connectivity index (χ1) is 6.03. The van der Waals surface area contributed by atoms with Crippen LogP contribution < -0.4 is 4.74 Å². The number of alkyl halides is 2. The third kappa shape index (κ3) is 2.82. The lowest BCUT2D eigenvalue weighted by molar-refractivity contribution is -0.112. The van der Waals surface area contributed by atoms with E-state index < -0.39 is 6.11 Å². The highest BCUT2D eigenvalue weighted by atomic mass is 19.3. The smallest absolute Gasteiger partial charge is 0.426 e. The first-order valence-corrected chi connectivity index (χ1v) is 3.56. The molecule has 69 valence electrons. The Morgan fingerprint density at radius 1 is 1.31 bits per heavy atom. The van der Waals surface area contributed by atoms with E-state index in [-0.39, 0.29) is 5.75 Å². The number of carbonyl (C=O) groups excluding carboxylic acids is 1. The van der Waals surface area contributed by atoms with Crippen molar-refractivity contribution in [1.29, 1.82) is 0 Å². The summed E-state index contributed by atoms with van der Waals surface area (Å²) in [6.07, 6.45) is -3.37. The normalized spacial score (nSPS) is 11.0. The summed E-state index contributed by atoms with van der Waals surface area (Å²) in [5, 5.41) is 0. The Morgan fingerprint density at radius 3 is 2.31 bits per heavy atom. The number of hydrogen-bond acceptors (Lipinski definition) is 2. The molecule has 0 saturated carbocycles. The van der Waals surface area contributed by atoms with Crippen LogP contribution in [0.4, 0.5) is 8.78 Å². The molecular weight excluding hydrogens is 178 g/mol. The van der Waals surface area contributed by atoms with Crippen molar-refractivity contribution < 1.29 is 18.3 Å². The van der Waals surface area contributed by atoms with Crippen LogP contribution in [0.25, 0.3) is 0 Å². The zero-order valence-electron chi connectivity index (χ0n) is 6.88. The average molecular weight is 185 g/mol. The topological polar surface area (TPSA) is 26.3 Å². The number of hydrogen-bond donors (Lipinski definition) is 0. The van der Waals surface area contributed by atoms with Crippen LogP contribution in [0.15, 0.2) is 24.3 Å². The van der Waals surface area contributed by atoms with Gasteiger partial charge in [-0.05, 0) is 19.1 Å². The van der Waals surface area contributed by atoms with Crippen LogP contribution in [0.2, 0.25) is 0 Å². The summed E-state index contributed by atoms with van der Waals surface area (Å²) in [5.41, 5.74) is 0.922. The predicted molar refractivity (Wildman–Crippen MR) is 42.4 cm³/mol. The monoisotopic (exact) mass is 185 g/mol. The van der Waals surface area contributed by atoms with Gasteiger partial charge in [-0.3, -0.25) is 4.79 Å². The van der Waals surface area contributed by atoms with E-state index in [1.165, 1.54) is 12.1 Å². The minimum absolute atomic E-state index is 0.0565. The number of ether oxygens (including phenoxy) is 1. The van der Waals surface area contributed by atoms with E-state index >= 15 is 0 Å². The van der Waals surface area contributed by atoms with Crippen LogP contribution in [0, 0.1) is 6.92 Å². The number of rotatable bonds is 3. The molecule has 1 rings (SSSR count). The second-order valence-electron chi connectivity index (χ2n) is 2.53. The lowest BCUT2D eigenvalue weighted by Gasteiger charge is -2.10. The highest BCUT2D eigenvalue weighted by molar-refractivity contribution is 5.59. The Hall–Kier alpha value is -1.45. The maximum Gasteiger partial charge on any atom is 0.469 e. The SMILES string of the molecule is Cc1ccc(OC(F)(F)[C]=O)cc1. The molecule has 0 bridgehead atoms. The van der Waals surface area contributed by atoms with Crippen LogP contribution in [0.1, 0.15) is 5.56 Å². The van der Waals surface area contributed by atoms with Gasteiger partial charge in [0.25, 0.3) is 0 Å². The third-order valence-electron chi connectivity index (χ3n) is 1.39. The van der Waals surface area contributed by atoms with E-state index in [0.717, 1.165) is 5.56 Å². The summed E-state index contributed by atoms with van der Waals surface area (Å²) in [7, 11) is 0. The van der Waals surface area contributed by atoms with Gasteiger partial charge >= 0.3 is 12.4 Å². The molecule has 13 heavy (non-hydrogen) atoms. The van der Waals surface area contributed by atoms with Crippen molar-refractivity contribution in [3.05, 3.63) is 29.8 Å². The largest absolute Gasteiger partial charge is 0.469 e. The van der Waals surface area contributed by atoms with Crippen molar-refractivity contribution >= 4 is 6.29 Å². The molecule has 1 aromatic rings. The highest BCUT2D eigenvalue weighted by Gasteiger charge is 2.32. The molecule has 0 aromatic heterocycles. The maximum atomic E-state index is 12.3. The van der Waals surface area contributed by atoms with Gasteiger partial charge in [-0.2, -0.15) is 8.78 Å². The molecule has 0 N–H and O–H groups in total. The lowest BCUT2D eigenvalue weighted by Crippen LogP contribution is -2.25. The zero-order valence-corrected chi connectivity index (χ0v) is 6.88. The molecule has 0 aliphatic rings. The van der Waals surface area contributed by atoms with Crippen LogP contribution >= 0.6 is 0 Å². The van der Waals surface area contributed by atoms with Crippen molar-refractivity contribution in [1.82, 2.24) is 0 Å². The van der Waals surface area contributed by atoms with Crippen molar-refractivity contribution in [2.45, 2.75) is 13.0 Å². The molecule has 0 amide bonds. The van der Waals surface area contributed by atoms with Gasteiger partial charge in [-0.25, -0.2) is 0 Å². The summed E-state index contributed by atoms with van der Waals surface area (Å²) in [6, 6.07) is 5.94. The summed E-state index contributed by atoms with van der Waals surface area (Å²) in [6.45, 7) is 1.81. The number of halogens is 2. The van der Waals surface area contributed by atoms with Crippen molar-refractivity contribution in [3.8, 4) is 5.75 Å². The van der Waals surface area contributed by atoms with E-state index in [1.54, 1.807) is 12.1 Å². The molecule has 0 atom stereocenters. The molecular formula is C9H7F2O2. The molecule has 2 nitrogen and oxygen atoms in total. The molecule has 0 spiro atoms. The summed E-state index contributed by atoms with van der Waals surface area (Å²) < 4.78 is 28.6. The highest BCUT2D eigenvalue weighted by Crippen LogP contribution is 2.19. The van der Waals surface area contributed by atoms with E-state index in [2.05, 4.69) is 4.74 Å².